The molecule has 1 fully saturated rings. The highest BCUT2D eigenvalue weighted by atomic mass is 19.1. The number of nitrogens with zero attached hydrogens (tertiary/aromatic N) is 6. The second-order valence-electron chi connectivity index (χ2n) is 7.50. The Labute approximate surface area is 182 Å². The Morgan fingerprint density at radius 3 is 2.66 bits per heavy atom. The Bertz CT molecular complexity index is 1240. The van der Waals surface area contributed by atoms with Gasteiger partial charge >= 0.3 is 0 Å². The number of benzene rings is 2. The van der Waals surface area contributed by atoms with Crippen molar-refractivity contribution in [2.75, 3.05) is 23.3 Å². The molecule has 1 aliphatic rings. The number of carbonyl (C=O) groups is 1. The second-order valence-corrected chi connectivity index (χ2v) is 7.50. The van der Waals surface area contributed by atoms with Crippen LogP contribution in [0.3, 0.4) is 0 Å². The first-order valence-electron chi connectivity index (χ1n) is 10.3. The summed E-state index contributed by atoms with van der Waals surface area (Å²) in [7, 11) is 0. The van der Waals surface area contributed by atoms with Crippen LogP contribution in [-0.2, 0) is 4.79 Å². The maximum atomic E-state index is 14.5. The van der Waals surface area contributed by atoms with Crippen LogP contribution in [0.4, 0.5) is 15.9 Å². The van der Waals surface area contributed by atoms with Crippen LogP contribution in [0.5, 0.6) is 11.5 Å². The number of carbonyl (C=O) groups excluding carboxylic acids is 1. The van der Waals surface area contributed by atoms with Crippen LogP contribution in [0.15, 0.2) is 60.7 Å². The van der Waals surface area contributed by atoms with Gasteiger partial charge in [-0.15, -0.1) is 14.8 Å². The molecule has 0 aliphatic carbocycles. The van der Waals surface area contributed by atoms with E-state index in [0.29, 0.717) is 37.3 Å². The number of halogens is 1. The number of nitrogens with one attached hydrogen (secondary N) is 1. The molecular weight excluding hydrogens is 413 g/mol. The van der Waals surface area contributed by atoms with Crippen molar-refractivity contribution < 1.29 is 13.9 Å². The number of fused-ring (bicyclic) bond motifs is 1. The average Bonchev–Trinajstić information content (AvgIpc) is 3.30. The maximum absolute atomic E-state index is 14.5. The summed E-state index contributed by atoms with van der Waals surface area (Å²) in [5.74, 6) is 0.568. The van der Waals surface area contributed by atoms with Crippen molar-refractivity contribution in [3.8, 4) is 11.5 Å². The SMILES string of the molecule is O=C(Nc1c(F)cccc1Oc1ccccc1)C1CCN(c2ccc3nnnn3n2)CC1. The third kappa shape index (κ3) is 4.07. The molecule has 0 radical (unpaired) electrons. The highest BCUT2D eigenvalue weighted by molar-refractivity contribution is 5.94. The molecule has 1 aliphatic heterocycles. The van der Waals surface area contributed by atoms with Gasteiger partial charge in [0.1, 0.15) is 11.4 Å². The molecule has 2 aromatic carbocycles. The fraction of sp³-hybridized carbons (Fsp3) is 0.227. The zero-order valence-corrected chi connectivity index (χ0v) is 17.1. The number of aromatic nitrogens is 5. The summed E-state index contributed by atoms with van der Waals surface area (Å²) in [6.07, 6.45) is 1.23. The number of para-hydroxylation sites is 2. The molecule has 1 N–H and O–H groups in total. The van der Waals surface area contributed by atoms with Crippen molar-refractivity contribution in [1.82, 2.24) is 25.3 Å². The summed E-state index contributed by atoms with van der Waals surface area (Å²) >= 11 is 0. The molecule has 4 aromatic rings. The van der Waals surface area contributed by atoms with E-state index in [1.807, 2.05) is 24.3 Å². The fourth-order valence-corrected chi connectivity index (χ4v) is 3.73. The average molecular weight is 433 g/mol. The normalized spacial score (nSPS) is 14.5. The Kier molecular flexibility index (Phi) is 5.32. The summed E-state index contributed by atoms with van der Waals surface area (Å²) in [5, 5.41) is 18.4. The number of anilines is 2. The standard InChI is InChI=1S/C22H20FN7O2/c23-17-7-4-8-18(32-16-5-2-1-3-6-16)21(17)24-22(31)15-11-13-29(14-12-15)20-10-9-19-25-27-28-30(19)26-20/h1-10,15H,11-14H2,(H,24,31). The second kappa shape index (κ2) is 8.58. The van der Waals surface area contributed by atoms with Crippen LogP contribution in [0.25, 0.3) is 5.65 Å². The van der Waals surface area contributed by atoms with E-state index in [2.05, 4.69) is 30.8 Å². The highest BCUT2D eigenvalue weighted by Gasteiger charge is 2.27. The van der Waals surface area contributed by atoms with E-state index < -0.39 is 5.82 Å². The van der Waals surface area contributed by atoms with Crippen LogP contribution in [0.2, 0.25) is 0 Å². The van der Waals surface area contributed by atoms with E-state index in [9.17, 15) is 9.18 Å². The van der Waals surface area contributed by atoms with Crippen LogP contribution in [0, 0.1) is 11.7 Å². The van der Waals surface area contributed by atoms with Gasteiger partial charge in [-0.3, -0.25) is 4.79 Å². The molecule has 9 nitrogen and oxygen atoms in total. The number of rotatable bonds is 5. The van der Waals surface area contributed by atoms with Gasteiger partial charge in [-0.25, -0.2) is 4.39 Å². The van der Waals surface area contributed by atoms with E-state index in [1.165, 1.54) is 10.7 Å². The van der Waals surface area contributed by atoms with Crippen LogP contribution < -0.4 is 15.0 Å². The largest absolute Gasteiger partial charge is 0.455 e. The first-order chi connectivity index (χ1) is 15.7. The van der Waals surface area contributed by atoms with Crippen LogP contribution in [0.1, 0.15) is 12.8 Å². The first kappa shape index (κ1) is 19.9. The summed E-state index contributed by atoms with van der Waals surface area (Å²) in [6.45, 7) is 1.28. The van der Waals surface area contributed by atoms with Crippen LogP contribution in [-0.4, -0.2) is 44.3 Å². The van der Waals surface area contributed by atoms with Crippen molar-refractivity contribution in [3.05, 3.63) is 66.5 Å². The summed E-state index contributed by atoms with van der Waals surface area (Å²) in [6, 6.07) is 17.2. The Balaban J connectivity index is 1.25. The third-order valence-electron chi connectivity index (χ3n) is 5.44. The predicted octanol–water partition coefficient (Wildman–Crippen LogP) is 3.31. The molecule has 0 bridgehead atoms. The van der Waals surface area contributed by atoms with E-state index in [4.69, 9.17) is 4.74 Å². The molecule has 3 heterocycles. The van der Waals surface area contributed by atoms with E-state index in [1.54, 1.807) is 30.3 Å². The van der Waals surface area contributed by atoms with E-state index in [-0.39, 0.29) is 23.3 Å². The zero-order chi connectivity index (χ0) is 21.9. The zero-order valence-electron chi connectivity index (χ0n) is 17.1. The topological polar surface area (TPSA) is 97.5 Å². The number of amides is 1. The molecule has 2 aromatic heterocycles. The number of hydrogen-bond acceptors (Lipinski definition) is 7. The van der Waals surface area contributed by atoms with Gasteiger partial charge in [0.25, 0.3) is 0 Å². The Morgan fingerprint density at radius 1 is 1.03 bits per heavy atom. The smallest absolute Gasteiger partial charge is 0.227 e. The molecular formula is C22H20FN7O2. The van der Waals surface area contributed by atoms with E-state index >= 15 is 0 Å². The van der Waals surface area contributed by atoms with Gasteiger partial charge in [-0.2, -0.15) is 0 Å². The number of tetrazole rings is 1. The van der Waals surface area contributed by atoms with Gasteiger partial charge in [0.05, 0.1) is 0 Å². The molecule has 0 spiro atoms. The van der Waals surface area contributed by atoms with Gasteiger partial charge < -0.3 is 15.0 Å². The van der Waals surface area contributed by atoms with Gasteiger partial charge in [-0.05, 0) is 59.7 Å². The van der Waals surface area contributed by atoms with Crippen molar-refractivity contribution in [2.24, 2.45) is 5.92 Å². The lowest BCUT2D eigenvalue weighted by molar-refractivity contribution is -0.120. The van der Waals surface area contributed by atoms with Crippen molar-refractivity contribution in [1.29, 1.82) is 0 Å². The molecule has 32 heavy (non-hydrogen) atoms. The molecule has 1 saturated heterocycles. The summed E-state index contributed by atoms with van der Waals surface area (Å²) in [4.78, 5) is 15.0. The predicted molar refractivity (Wildman–Crippen MR) is 115 cm³/mol. The lowest BCUT2D eigenvalue weighted by Gasteiger charge is -2.32. The Morgan fingerprint density at radius 2 is 1.84 bits per heavy atom. The van der Waals surface area contributed by atoms with Gasteiger partial charge in [0.2, 0.25) is 5.91 Å². The molecule has 5 rings (SSSR count). The molecule has 1 amide bonds. The minimum Gasteiger partial charge on any atom is -0.455 e. The van der Waals surface area contributed by atoms with Gasteiger partial charge in [0, 0.05) is 19.0 Å². The molecule has 0 atom stereocenters. The summed E-state index contributed by atoms with van der Waals surface area (Å²) in [5.41, 5.74) is 0.621. The van der Waals surface area contributed by atoms with E-state index in [0.717, 1.165) is 5.82 Å². The highest BCUT2D eigenvalue weighted by Crippen LogP contribution is 2.33. The number of piperidine rings is 1. The minimum absolute atomic E-state index is 0.0505. The lowest BCUT2D eigenvalue weighted by atomic mass is 9.95. The number of hydrogen-bond donors (Lipinski definition) is 1. The molecule has 10 heteroatoms. The fourth-order valence-electron chi connectivity index (χ4n) is 3.73. The van der Waals surface area contributed by atoms with Crippen LogP contribution >= 0.6 is 0 Å². The summed E-state index contributed by atoms with van der Waals surface area (Å²) < 4.78 is 21.7. The number of ether oxygens (including phenoxy) is 1. The molecule has 0 unspecified atom stereocenters. The van der Waals surface area contributed by atoms with Crippen molar-refractivity contribution >= 4 is 23.1 Å². The Hall–Kier alpha value is -4.08. The minimum atomic E-state index is -0.539. The molecule has 162 valence electrons. The van der Waals surface area contributed by atoms with Gasteiger partial charge in [-0.1, -0.05) is 24.3 Å². The molecule has 0 saturated carbocycles. The quantitative estimate of drug-likeness (QED) is 0.516. The lowest BCUT2D eigenvalue weighted by Crippen LogP contribution is -2.38. The third-order valence-corrected chi connectivity index (χ3v) is 5.44. The monoisotopic (exact) mass is 433 g/mol. The van der Waals surface area contributed by atoms with Crippen molar-refractivity contribution in [2.45, 2.75) is 12.8 Å². The first-order valence-corrected chi connectivity index (χ1v) is 10.3. The van der Waals surface area contributed by atoms with Gasteiger partial charge in [0.15, 0.2) is 23.0 Å². The maximum Gasteiger partial charge on any atom is 0.227 e. The van der Waals surface area contributed by atoms with Crippen molar-refractivity contribution in [3.63, 3.8) is 0 Å².